The number of carbonyl (C=O) groups excluding carboxylic acids is 2. The van der Waals surface area contributed by atoms with Gasteiger partial charge in [-0.25, -0.2) is 11.0 Å². The summed E-state index contributed by atoms with van der Waals surface area (Å²) in [6.07, 6.45) is 0. The Balaban J connectivity index is 1.63. The number of fused-ring (bicyclic) bond motifs is 1. The molecule has 0 bridgehead atoms. The molecule has 162 valence electrons. The lowest BCUT2D eigenvalue weighted by molar-refractivity contribution is 0.0237. The minimum absolute atomic E-state index is 0.226. The van der Waals surface area contributed by atoms with Crippen LogP contribution in [0.2, 0.25) is 0 Å². The Bertz CT molecular complexity index is 1050. The average Bonchev–Trinajstić information content (AvgIpc) is 2.81. The lowest BCUT2D eigenvalue weighted by atomic mass is 10.0. The molecule has 0 aromatic heterocycles. The second-order valence-electron chi connectivity index (χ2n) is 7.17. The molecular formula is C24H27N3O4. The third-order valence-electron chi connectivity index (χ3n) is 5.24. The molecule has 3 N–H and O–H groups in total. The Morgan fingerprint density at radius 3 is 2.26 bits per heavy atom. The van der Waals surface area contributed by atoms with Crippen molar-refractivity contribution >= 4 is 22.6 Å². The van der Waals surface area contributed by atoms with Crippen molar-refractivity contribution in [3.8, 4) is 0 Å². The van der Waals surface area contributed by atoms with Gasteiger partial charge >= 0.3 is 0 Å². The van der Waals surface area contributed by atoms with Gasteiger partial charge in [-0.15, -0.1) is 0 Å². The molecule has 2 amide bonds. The fourth-order valence-corrected chi connectivity index (χ4v) is 3.41. The number of benzene rings is 3. The van der Waals surface area contributed by atoms with Crippen LogP contribution in [0.4, 0.5) is 0 Å². The van der Waals surface area contributed by atoms with Crippen molar-refractivity contribution < 1.29 is 19.6 Å². The minimum atomic E-state index is -0.639. The topological polar surface area (TPSA) is 90.9 Å². The minimum Gasteiger partial charge on any atom is -0.300 e. The Morgan fingerprint density at radius 1 is 0.935 bits per heavy atom. The fraction of sp³-hybridized carbons (Fsp3) is 0.250. The Hall–Kier alpha value is -3.26. The molecule has 0 fully saturated rings. The zero-order valence-corrected chi connectivity index (χ0v) is 17.7. The van der Waals surface area contributed by atoms with Gasteiger partial charge in [-0.2, -0.15) is 0 Å². The Labute approximate surface area is 181 Å². The fourth-order valence-electron chi connectivity index (χ4n) is 3.41. The molecule has 3 rings (SSSR count). The maximum Gasteiger partial charge on any atom is 0.274 e. The molecule has 31 heavy (non-hydrogen) atoms. The number of nitrogens with one attached hydrogen (secondary N) is 2. The molecule has 0 aliphatic carbocycles. The summed E-state index contributed by atoms with van der Waals surface area (Å²) >= 11 is 0. The van der Waals surface area contributed by atoms with E-state index >= 15 is 0 Å². The third kappa shape index (κ3) is 5.67. The molecule has 3 aromatic carbocycles. The lowest BCUT2D eigenvalue weighted by Gasteiger charge is -2.18. The second-order valence-corrected chi connectivity index (χ2v) is 7.17. The molecule has 0 radical (unpaired) electrons. The maximum atomic E-state index is 12.3. The number of hydrogen-bond donors (Lipinski definition) is 3. The SMILES string of the molecule is CCN(CC)Cc1ccc2c(CONC(=O)c3ccc(C(=O)NO)cc3)cccc2c1. The van der Waals surface area contributed by atoms with Gasteiger partial charge in [0.1, 0.15) is 6.61 Å². The molecule has 0 saturated carbocycles. The van der Waals surface area contributed by atoms with E-state index in [2.05, 4.69) is 48.5 Å². The van der Waals surface area contributed by atoms with Crippen LogP contribution in [-0.2, 0) is 18.0 Å². The van der Waals surface area contributed by atoms with Crippen LogP contribution in [0.25, 0.3) is 10.8 Å². The van der Waals surface area contributed by atoms with Gasteiger partial charge in [0.2, 0.25) is 0 Å². The van der Waals surface area contributed by atoms with Gasteiger partial charge in [0.25, 0.3) is 11.8 Å². The smallest absolute Gasteiger partial charge is 0.274 e. The Kier molecular flexibility index (Phi) is 7.72. The quantitative estimate of drug-likeness (QED) is 0.362. The average molecular weight is 421 g/mol. The number of amides is 2. The molecule has 0 aliphatic heterocycles. The van der Waals surface area contributed by atoms with Gasteiger partial charge in [-0.3, -0.25) is 24.5 Å². The largest absolute Gasteiger partial charge is 0.300 e. The van der Waals surface area contributed by atoms with E-state index in [9.17, 15) is 9.59 Å². The van der Waals surface area contributed by atoms with Gasteiger partial charge in [-0.05, 0) is 65.3 Å². The van der Waals surface area contributed by atoms with Crippen LogP contribution in [-0.4, -0.2) is 35.0 Å². The van der Waals surface area contributed by atoms with Crippen molar-refractivity contribution in [1.82, 2.24) is 15.9 Å². The first-order valence-electron chi connectivity index (χ1n) is 10.2. The molecule has 3 aromatic rings. The van der Waals surface area contributed by atoms with Crippen LogP contribution in [0.1, 0.15) is 45.7 Å². The number of nitrogens with zero attached hydrogens (tertiary/aromatic N) is 1. The monoisotopic (exact) mass is 421 g/mol. The van der Waals surface area contributed by atoms with Gasteiger partial charge in [0.15, 0.2) is 0 Å². The highest BCUT2D eigenvalue weighted by Crippen LogP contribution is 2.22. The maximum absolute atomic E-state index is 12.3. The van der Waals surface area contributed by atoms with E-state index in [4.69, 9.17) is 10.0 Å². The van der Waals surface area contributed by atoms with E-state index < -0.39 is 11.8 Å². The number of carbonyl (C=O) groups is 2. The van der Waals surface area contributed by atoms with E-state index in [-0.39, 0.29) is 12.2 Å². The molecule has 7 nitrogen and oxygen atoms in total. The first-order valence-corrected chi connectivity index (χ1v) is 10.2. The van der Waals surface area contributed by atoms with Gasteiger partial charge in [0, 0.05) is 17.7 Å². The van der Waals surface area contributed by atoms with Crippen LogP contribution < -0.4 is 11.0 Å². The molecule has 0 heterocycles. The summed E-state index contributed by atoms with van der Waals surface area (Å²) in [5, 5.41) is 10.9. The predicted octanol–water partition coefficient (Wildman–Crippen LogP) is 3.66. The second kappa shape index (κ2) is 10.7. The molecular weight excluding hydrogens is 394 g/mol. The van der Waals surface area contributed by atoms with Crippen LogP contribution in [0.3, 0.4) is 0 Å². The zero-order chi connectivity index (χ0) is 22.2. The predicted molar refractivity (Wildman–Crippen MR) is 119 cm³/mol. The van der Waals surface area contributed by atoms with Gasteiger partial charge in [-0.1, -0.05) is 44.2 Å². The first kappa shape index (κ1) is 22.4. The van der Waals surface area contributed by atoms with Crippen molar-refractivity contribution in [2.24, 2.45) is 0 Å². The standard InChI is InChI=1S/C24H27N3O4/c1-3-27(4-2)15-17-8-13-22-20(14-17)6-5-7-21(22)16-31-26-24(29)19-11-9-18(10-12-19)23(28)25-30/h5-14,30H,3-4,15-16H2,1-2H3,(H,25,28)(H,26,29). The lowest BCUT2D eigenvalue weighted by Crippen LogP contribution is -2.24. The molecule has 0 aliphatic rings. The van der Waals surface area contributed by atoms with Gasteiger partial charge < -0.3 is 0 Å². The van der Waals surface area contributed by atoms with Crippen LogP contribution >= 0.6 is 0 Å². The summed E-state index contributed by atoms with van der Waals surface area (Å²) < 4.78 is 0. The number of hydroxylamine groups is 2. The summed E-state index contributed by atoms with van der Waals surface area (Å²) in [7, 11) is 0. The van der Waals surface area contributed by atoms with Crippen molar-refractivity contribution in [3.63, 3.8) is 0 Å². The summed E-state index contributed by atoms with van der Waals surface area (Å²) in [5.74, 6) is -1.06. The van der Waals surface area contributed by atoms with E-state index in [1.807, 2.05) is 12.1 Å². The molecule has 0 spiro atoms. The van der Waals surface area contributed by atoms with Crippen molar-refractivity contribution in [2.45, 2.75) is 27.0 Å². The van der Waals surface area contributed by atoms with E-state index in [1.165, 1.54) is 29.8 Å². The van der Waals surface area contributed by atoms with Crippen LogP contribution in [0.15, 0.2) is 60.7 Å². The highest BCUT2D eigenvalue weighted by Gasteiger charge is 2.10. The van der Waals surface area contributed by atoms with Gasteiger partial charge in [0.05, 0.1) is 0 Å². The molecule has 7 heteroatoms. The summed E-state index contributed by atoms with van der Waals surface area (Å²) in [4.78, 5) is 31.4. The third-order valence-corrected chi connectivity index (χ3v) is 5.24. The number of hydrogen-bond acceptors (Lipinski definition) is 5. The summed E-state index contributed by atoms with van der Waals surface area (Å²) in [6, 6.07) is 18.3. The van der Waals surface area contributed by atoms with Crippen LogP contribution in [0.5, 0.6) is 0 Å². The van der Waals surface area contributed by atoms with E-state index in [1.54, 1.807) is 5.48 Å². The van der Waals surface area contributed by atoms with E-state index in [0.29, 0.717) is 5.56 Å². The van der Waals surface area contributed by atoms with E-state index in [0.717, 1.165) is 36.0 Å². The normalized spacial score (nSPS) is 11.0. The number of rotatable bonds is 9. The molecule has 0 atom stereocenters. The van der Waals surface area contributed by atoms with Crippen molar-refractivity contribution in [3.05, 3.63) is 82.9 Å². The Morgan fingerprint density at radius 2 is 1.61 bits per heavy atom. The first-order chi connectivity index (χ1) is 15.0. The van der Waals surface area contributed by atoms with Crippen molar-refractivity contribution in [1.29, 1.82) is 0 Å². The summed E-state index contributed by atoms with van der Waals surface area (Å²) in [5.41, 5.74) is 6.81. The summed E-state index contributed by atoms with van der Waals surface area (Å²) in [6.45, 7) is 7.49. The molecule has 0 unspecified atom stereocenters. The highest BCUT2D eigenvalue weighted by atomic mass is 16.6. The zero-order valence-electron chi connectivity index (χ0n) is 17.7. The highest BCUT2D eigenvalue weighted by molar-refractivity contribution is 5.97. The van der Waals surface area contributed by atoms with Crippen LogP contribution in [0, 0.1) is 0 Å². The van der Waals surface area contributed by atoms with Crippen molar-refractivity contribution in [2.75, 3.05) is 13.1 Å². The molecule has 0 saturated heterocycles.